The van der Waals surface area contributed by atoms with E-state index in [1.54, 1.807) is 4.31 Å². The predicted molar refractivity (Wildman–Crippen MR) is 166 cm³/mol. The number of aliphatic hydroxyl groups is 1. The van der Waals surface area contributed by atoms with Crippen LogP contribution in [-0.4, -0.2) is 80.0 Å². The number of rotatable bonds is 4. The number of nitrogens with zero attached hydrogens (tertiary/aromatic N) is 4. The number of piperazine rings is 1. The highest BCUT2D eigenvalue weighted by atomic mass is 32.2. The van der Waals surface area contributed by atoms with E-state index in [-0.39, 0.29) is 24.2 Å². The molecular formula is C32H43N5O4S. The number of para-hydroxylation sites is 2. The average molecular weight is 594 g/mol. The third-order valence-corrected chi connectivity index (χ3v) is 12.0. The molecular weight excluding hydrogens is 550 g/mol. The Morgan fingerprint density at radius 3 is 2.07 bits per heavy atom. The Balaban J connectivity index is 1.06. The molecule has 4 atom stereocenters. The normalized spacial score (nSPS) is 34.4. The maximum Gasteiger partial charge on any atom is 0.322 e. The molecule has 2 aromatic rings. The third kappa shape index (κ3) is 4.85. The summed E-state index contributed by atoms with van der Waals surface area (Å²) in [6.45, 7) is 6.51. The number of carbonyl (C=O) groups is 1. The van der Waals surface area contributed by atoms with Gasteiger partial charge in [0, 0.05) is 55.7 Å². The molecule has 2 heterocycles. The van der Waals surface area contributed by atoms with E-state index < -0.39 is 15.6 Å². The first-order valence-electron chi connectivity index (χ1n) is 15.5. The van der Waals surface area contributed by atoms with Gasteiger partial charge >= 0.3 is 6.03 Å². The molecule has 5 fully saturated rings. The molecule has 2 amide bonds. The van der Waals surface area contributed by atoms with E-state index >= 15 is 0 Å². The quantitative estimate of drug-likeness (QED) is 0.553. The number of nitrogens with one attached hydrogen (secondary N) is 1. The summed E-state index contributed by atoms with van der Waals surface area (Å²) in [7, 11) is -3.25. The smallest absolute Gasteiger partial charge is 0.322 e. The molecule has 42 heavy (non-hydrogen) atoms. The Bertz CT molecular complexity index is 1440. The summed E-state index contributed by atoms with van der Waals surface area (Å²) in [5.41, 5.74) is 3.56. The van der Waals surface area contributed by atoms with Crippen molar-refractivity contribution in [2.75, 3.05) is 47.1 Å². The minimum Gasteiger partial charge on any atom is -0.390 e. The minimum absolute atomic E-state index is 0.0293. The van der Waals surface area contributed by atoms with Gasteiger partial charge < -0.3 is 20.2 Å². The first-order valence-corrected chi connectivity index (χ1v) is 17.3. The molecule has 1 saturated heterocycles. The number of carbonyl (C=O) groups excluding carboxylic acids is 1. The molecule has 2 unspecified atom stereocenters. The van der Waals surface area contributed by atoms with Gasteiger partial charge in [-0.25, -0.2) is 13.2 Å². The van der Waals surface area contributed by atoms with Gasteiger partial charge in [0.1, 0.15) is 0 Å². The molecule has 4 bridgehead atoms. The van der Waals surface area contributed by atoms with E-state index in [0.29, 0.717) is 43.9 Å². The van der Waals surface area contributed by atoms with E-state index in [4.69, 9.17) is 0 Å². The molecule has 2 N–H and O–H groups in total. The van der Waals surface area contributed by atoms with E-state index in [2.05, 4.69) is 45.4 Å². The van der Waals surface area contributed by atoms with Gasteiger partial charge in [0.2, 0.25) is 10.0 Å². The van der Waals surface area contributed by atoms with Crippen LogP contribution in [0.4, 0.5) is 27.5 Å². The van der Waals surface area contributed by atoms with E-state index in [1.807, 2.05) is 36.9 Å². The molecule has 8 rings (SSSR count). The maximum atomic E-state index is 13.7. The van der Waals surface area contributed by atoms with Crippen molar-refractivity contribution >= 4 is 38.8 Å². The topological polar surface area (TPSA) is 96.4 Å². The van der Waals surface area contributed by atoms with Crippen LogP contribution >= 0.6 is 0 Å². The second-order valence-corrected chi connectivity index (χ2v) is 15.6. The van der Waals surface area contributed by atoms with Gasteiger partial charge in [0.15, 0.2) is 0 Å². The second kappa shape index (κ2) is 10.1. The lowest BCUT2D eigenvalue weighted by atomic mass is 9.52. The molecule has 10 heteroatoms. The first kappa shape index (κ1) is 28.0. The fourth-order valence-electron chi connectivity index (χ4n) is 9.29. The zero-order chi connectivity index (χ0) is 29.4. The number of amides is 2. The van der Waals surface area contributed by atoms with E-state index in [9.17, 15) is 18.3 Å². The molecule has 4 saturated carbocycles. The Hall–Kier alpha value is -2.82. The van der Waals surface area contributed by atoms with Crippen LogP contribution in [0.5, 0.6) is 0 Å². The number of urea groups is 1. The Labute approximate surface area is 249 Å². The summed E-state index contributed by atoms with van der Waals surface area (Å²) in [5.74, 6) is 1.36. The van der Waals surface area contributed by atoms with Crippen molar-refractivity contribution in [1.29, 1.82) is 0 Å². The maximum absolute atomic E-state index is 13.7. The van der Waals surface area contributed by atoms with Gasteiger partial charge in [0.05, 0.1) is 23.2 Å². The van der Waals surface area contributed by atoms with Gasteiger partial charge in [-0.2, -0.15) is 4.31 Å². The van der Waals surface area contributed by atoms with Crippen LogP contribution in [0.15, 0.2) is 48.5 Å². The van der Waals surface area contributed by atoms with Crippen molar-refractivity contribution in [3.63, 3.8) is 0 Å². The SMILES string of the molecule is C[C@@H]1CN(c2ccc(N3CCN(C(=O)NC4C5CC6CC4CC(O)(C6)C5)c4ccccc43)cc2)C[C@@H](C)N1S(C)(=O)=O. The van der Waals surface area contributed by atoms with Crippen molar-refractivity contribution in [1.82, 2.24) is 9.62 Å². The standard InChI is InChI=1S/C32H43N5O4S/c1-21-19-34(20-22(2)37(21)42(3,40)41)26-8-10-27(11-9-26)35-12-13-36(29-7-5-4-6-28(29)35)31(38)33-30-24-14-23-15-25(30)18-32(39,16-23)17-24/h4-11,21-25,30,39H,12-20H2,1-3H3,(H,33,38)/t21-,22-,23?,24?,25?,30?,32?/m1/s1. The predicted octanol–water partition coefficient (Wildman–Crippen LogP) is 4.15. The van der Waals surface area contributed by atoms with Crippen LogP contribution < -0.4 is 20.0 Å². The molecule has 0 aromatic heterocycles. The molecule has 0 spiro atoms. The lowest BCUT2D eigenvalue weighted by molar-refractivity contribution is -0.136. The number of benzene rings is 2. The van der Waals surface area contributed by atoms with Crippen molar-refractivity contribution in [3.8, 4) is 0 Å². The highest BCUT2D eigenvalue weighted by Gasteiger charge is 2.55. The third-order valence-electron chi connectivity index (χ3n) is 10.5. The van der Waals surface area contributed by atoms with Crippen molar-refractivity contribution < 1.29 is 18.3 Å². The number of hydrogen-bond acceptors (Lipinski definition) is 6. The van der Waals surface area contributed by atoms with Crippen molar-refractivity contribution in [2.45, 2.75) is 69.7 Å². The summed E-state index contributed by atoms with van der Waals surface area (Å²) < 4.78 is 26.2. The average Bonchev–Trinajstić information content (AvgIpc) is 2.92. The highest BCUT2D eigenvalue weighted by Crippen LogP contribution is 2.55. The summed E-state index contributed by atoms with van der Waals surface area (Å²) >= 11 is 0. The minimum atomic E-state index is -3.25. The summed E-state index contributed by atoms with van der Waals surface area (Å²) in [6.07, 6.45) is 6.10. The molecule has 4 aliphatic carbocycles. The zero-order valence-electron chi connectivity index (χ0n) is 24.8. The van der Waals surface area contributed by atoms with Gasteiger partial charge in [-0.15, -0.1) is 0 Å². The van der Waals surface area contributed by atoms with Crippen LogP contribution in [0.3, 0.4) is 0 Å². The van der Waals surface area contributed by atoms with E-state index in [1.165, 1.54) is 6.26 Å². The molecule has 2 aliphatic heterocycles. The number of hydrogen-bond donors (Lipinski definition) is 2. The fourth-order valence-corrected chi connectivity index (χ4v) is 10.7. The second-order valence-electron chi connectivity index (χ2n) is 13.7. The lowest BCUT2D eigenvalue weighted by Crippen LogP contribution is -2.63. The first-order chi connectivity index (χ1) is 20.0. The summed E-state index contributed by atoms with van der Waals surface area (Å²) in [6, 6.07) is 16.5. The van der Waals surface area contributed by atoms with Crippen LogP contribution in [0, 0.1) is 17.8 Å². The Morgan fingerprint density at radius 2 is 1.48 bits per heavy atom. The Morgan fingerprint density at radius 1 is 0.881 bits per heavy atom. The fraction of sp³-hybridized carbons (Fsp3) is 0.594. The number of sulfonamides is 1. The van der Waals surface area contributed by atoms with Gasteiger partial charge in [-0.1, -0.05) is 12.1 Å². The Kier molecular flexibility index (Phi) is 6.75. The van der Waals surface area contributed by atoms with Gasteiger partial charge in [0.25, 0.3) is 0 Å². The molecule has 9 nitrogen and oxygen atoms in total. The van der Waals surface area contributed by atoms with Crippen LogP contribution in [0.1, 0.15) is 46.0 Å². The number of anilines is 4. The molecule has 0 radical (unpaired) electrons. The molecule has 2 aromatic carbocycles. The van der Waals surface area contributed by atoms with Crippen molar-refractivity contribution in [3.05, 3.63) is 48.5 Å². The molecule has 226 valence electrons. The van der Waals surface area contributed by atoms with E-state index in [0.717, 1.165) is 54.9 Å². The summed E-state index contributed by atoms with van der Waals surface area (Å²) in [5, 5.41) is 14.4. The zero-order valence-corrected chi connectivity index (χ0v) is 25.6. The van der Waals surface area contributed by atoms with Crippen LogP contribution in [0.2, 0.25) is 0 Å². The number of fused-ring (bicyclic) bond motifs is 1. The van der Waals surface area contributed by atoms with Gasteiger partial charge in [-0.3, -0.25) is 4.90 Å². The highest BCUT2D eigenvalue weighted by molar-refractivity contribution is 7.88. The summed E-state index contributed by atoms with van der Waals surface area (Å²) in [4.78, 5) is 20.1. The van der Waals surface area contributed by atoms with Crippen molar-refractivity contribution in [2.24, 2.45) is 17.8 Å². The van der Waals surface area contributed by atoms with Gasteiger partial charge in [-0.05, 0) is 100 Å². The van der Waals surface area contributed by atoms with Crippen LogP contribution in [-0.2, 0) is 10.0 Å². The largest absolute Gasteiger partial charge is 0.390 e. The lowest BCUT2D eigenvalue weighted by Gasteiger charge is -2.58. The van der Waals surface area contributed by atoms with Crippen LogP contribution in [0.25, 0.3) is 0 Å². The monoisotopic (exact) mass is 593 g/mol. The molecule has 6 aliphatic rings.